The summed E-state index contributed by atoms with van der Waals surface area (Å²) in [4.78, 5) is 11.9. The van der Waals surface area contributed by atoms with E-state index in [1.54, 1.807) is 276 Å². The zero-order chi connectivity index (χ0) is 82.1. The van der Waals surface area contributed by atoms with E-state index in [0.29, 0.717) is 21.7 Å². The van der Waals surface area contributed by atoms with Crippen LogP contribution in [0.1, 0.15) is 481 Å². The van der Waals surface area contributed by atoms with Crippen molar-refractivity contribution in [2.75, 3.05) is 0 Å². The maximum Gasteiger partial charge on any atom is 0.156 e. The van der Waals surface area contributed by atoms with E-state index in [-0.39, 0.29) is 0 Å². The Kier molecular flexibility index (Phi) is 27.0. The van der Waals surface area contributed by atoms with Gasteiger partial charge in [0.25, 0.3) is 0 Å². The quantitative estimate of drug-likeness (QED) is 0.170. The smallest absolute Gasteiger partial charge is 0.156 e. The van der Waals surface area contributed by atoms with Crippen molar-refractivity contribution in [3.05, 3.63) is 0 Å². The molecule has 120 heavy (non-hydrogen) atoms. The molecule has 0 aromatic rings. The first-order valence-electron chi connectivity index (χ1n) is 57.4. The average molecular weight is 1650 g/mol. The predicted octanol–water partition coefficient (Wildman–Crippen LogP) is 32.5. The van der Waals surface area contributed by atoms with Crippen LogP contribution in [-0.4, -0.2) is 75.8 Å². The Hall–Kier alpha value is -0.0551. The van der Waals surface area contributed by atoms with E-state index in [1.807, 2.05) is 0 Å². The minimum Gasteiger partial charge on any atom is -0.295 e. The highest BCUT2D eigenvalue weighted by Crippen LogP contribution is 2.72. The summed E-state index contributed by atoms with van der Waals surface area (Å²) < 4.78 is 0. The molecule has 23 atom stereocenters. The van der Waals surface area contributed by atoms with Gasteiger partial charge in [-0.05, 0) is 353 Å². The van der Waals surface area contributed by atoms with Gasteiger partial charge in [0.15, 0.2) is 6.71 Å². The van der Waals surface area contributed by atoms with Crippen LogP contribution in [0, 0.1) is 176 Å². The van der Waals surface area contributed by atoms with Gasteiger partial charge >= 0.3 is 0 Å². The van der Waals surface area contributed by atoms with Gasteiger partial charge < -0.3 is 0 Å². The molecule has 0 N–H and O–H groups in total. The molecule has 2 heterocycles. The predicted molar refractivity (Wildman–Crippen MR) is 511 cm³/mol. The van der Waals surface area contributed by atoms with Gasteiger partial charge in [0.05, 0.1) is 0 Å². The molecule has 0 aromatic carbocycles. The topological polar surface area (TPSA) is 9.72 Å². The Morgan fingerprint density at radius 2 is 0.483 bits per heavy atom. The molecule has 20 fully saturated rings. The largest absolute Gasteiger partial charge is 0.295 e. The Morgan fingerprint density at radius 1 is 0.200 bits per heavy atom. The number of nitrogens with zero attached hydrogens (tertiary/aromatic N) is 3. The number of hydrogen-bond acceptors (Lipinski definition) is 3. The Morgan fingerprint density at radius 3 is 0.858 bits per heavy atom. The summed E-state index contributed by atoms with van der Waals surface area (Å²) in [5.74, 6) is 27.8. The highest BCUT2D eigenvalue weighted by atomic mass is 15.3. The van der Waals surface area contributed by atoms with Gasteiger partial charge in [-0.1, -0.05) is 321 Å². The molecular formula is C116H198BN3. The second-order valence-corrected chi connectivity index (χ2v) is 55.6. The molecule has 0 bridgehead atoms. The third kappa shape index (κ3) is 17.6. The van der Waals surface area contributed by atoms with E-state index in [9.17, 15) is 0 Å². The summed E-state index contributed by atoms with van der Waals surface area (Å²) in [7, 11) is 0. The third-order valence-corrected chi connectivity index (χ3v) is 46.5. The maximum absolute atomic E-state index is 4.09. The van der Waals surface area contributed by atoms with Crippen LogP contribution >= 0.6 is 0 Å². The molecule has 680 valence electrons. The molecule has 0 amide bonds. The molecule has 18 aliphatic carbocycles. The molecule has 4 heteroatoms. The zero-order valence-electron chi connectivity index (χ0n) is 81.7. The van der Waals surface area contributed by atoms with E-state index in [2.05, 4.69) is 97.8 Å². The molecule has 20 rings (SSSR count). The number of hydrogen-bond donors (Lipinski definition) is 0. The van der Waals surface area contributed by atoms with E-state index < -0.39 is 0 Å². The van der Waals surface area contributed by atoms with Crippen LogP contribution in [0.2, 0.25) is 17.5 Å². The lowest BCUT2D eigenvalue weighted by Gasteiger charge is -2.73. The van der Waals surface area contributed by atoms with Crippen LogP contribution < -0.4 is 0 Å². The lowest BCUT2D eigenvalue weighted by atomic mass is 9.17. The molecule has 2 saturated heterocycles. The fourth-order valence-electron chi connectivity index (χ4n) is 40.8. The SMILES string of the molecule is CC(C)(C)C1CC2CCC3CC(C(C)(C)C)CC4C(C5CCC6C(C5)B5C7CC(C8CCCCC8)CCC7N(C7C(C8CCCCC8)CC(C(C)(C)C)CC7C7CCCCC7)C7CC(N(C8CCC(C9CCCCC9)CC8)C8CCC(C9CCCCC9)CC8)CC(C57)N6C5C(C6CCCCC6)CC(C(C)(C)C)CC5C5CCCCC5)CC(C1)C2C34. The van der Waals surface area contributed by atoms with Gasteiger partial charge in [-0.15, -0.1) is 0 Å². The van der Waals surface area contributed by atoms with Gasteiger partial charge in [0, 0.05) is 54.4 Å². The Bertz CT molecular complexity index is 3110. The average Bonchev–Trinajstić information content (AvgIpc) is 0.683. The first-order chi connectivity index (χ1) is 58.0. The van der Waals surface area contributed by atoms with Crippen LogP contribution in [0.3, 0.4) is 0 Å². The fourth-order valence-corrected chi connectivity index (χ4v) is 40.8. The Balaban J connectivity index is 0.792. The molecule has 23 unspecified atom stereocenters. The third-order valence-electron chi connectivity index (χ3n) is 46.5. The van der Waals surface area contributed by atoms with Crippen LogP contribution in [0.15, 0.2) is 0 Å². The summed E-state index contributed by atoms with van der Waals surface area (Å²) in [6.07, 6.45) is 97.3. The molecule has 0 spiro atoms. The summed E-state index contributed by atoms with van der Waals surface area (Å²) in [5, 5.41) is 0. The van der Waals surface area contributed by atoms with Crippen LogP contribution in [-0.2, 0) is 0 Å². The van der Waals surface area contributed by atoms with Crippen molar-refractivity contribution in [2.24, 2.45) is 176 Å². The highest BCUT2D eigenvalue weighted by molar-refractivity contribution is 6.65. The lowest BCUT2D eigenvalue weighted by Crippen LogP contribution is -2.78. The van der Waals surface area contributed by atoms with Crippen molar-refractivity contribution in [2.45, 2.75) is 553 Å². The lowest BCUT2D eigenvalue weighted by molar-refractivity contribution is -0.159. The first-order valence-corrected chi connectivity index (χ1v) is 57.4. The van der Waals surface area contributed by atoms with Gasteiger partial charge in [0.2, 0.25) is 0 Å². The molecule has 3 nitrogen and oxygen atoms in total. The highest BCUT2D eigenvalue weighted by Gasteiger charge is 2.71. The van der Waals surface area contributed by atoms with E-state index in [0.717, 1.165) is 232 Å². The summed E-state index contributed by atoms with van der Waals surface area (Å²) in [6, 6.07) is 7.22. The minimum atomic E-state index is 0.378. The maximum atomic E-state index is 4.09. The Labute approximate surface area is 745 Å². The van der Waals surface area contributed by atoms with Crippen LogP contribution in [0.5, 0.6) is 0 Å². The number of rotatable bonds is 13. The minimum absolute atomic E-state index is 0.378. The normalized spacial score (nSPS) is 46.8. The van der Waals surface area contributed by atoms with E-state index in [1.165, 1.54) is 122 Å². The van der Waals surface area contributed by atoms with Gasteiger partial charge in [-0.25, -0.2) is 0 Å². The van der Waals surface area contributed by atoms with Gasteiger partial charge in [-0.3, -0.25) is 14.7 Å². The zero-order valence-corrected chi connectivity index (χ0v) is 81.7. The summed E-state index contributed by atoms with van der Waals surface area (Å²) in [6.45, 7) is 34.1. The van der Waals surface area contributed by atoms with E-state index >= 15 is 0 Å². The number of fused-ring (bicyclic) bond motifs is 4. The summed E-state index contributed by atoms with van der Waals surface area (Å²) >= 11 is 0. The van der Waals surface area contributed by atoms with Gasteiger partial charge in [-0.2, -0.15) is 0 Å². The van der Waals surface area contributed by atoms with Crippen molar-refractivity contribution >= 4 is 6.71 Å². The fraction of sp³-hybridized carbons (Fsp3) is 1.00. The van der Waals surface area contributed by atoms with Crippen molar-refractivity contribution in [3.8, 4) is 0 Å². The molecule has 0 aromatic heterocycles. The van der Waals surface area contributed by atoms with Crippen molar-refractivity contribution < 1.29 is 0 Å². The van der Waals surface area contributed by atoms with Crippen molar-refractivity contribution in [1.82, 2.24) is 14.7 Å². The molecular weight excluding hydrogens is 1450 g/mol. The molecule has 0 radical (unpaired) electrons. The van der Waals surface area contributed by atoms with Crippen molar-refractivity contribution in [3.63, 3.8) is 0 Å². The standard InChI is InChI=1S/C116H198BN3/c1-113(2,3)89-62-86-48-49-87-63-90(114(4,5)6)72-101-96(65-88(64-89)108(86)109(87)101)85-55-61-105-103(67-85)117-102-66-84(77-38-24-15-25-39-77)54-60-104(102)119(111-97(80-40-26-16-27-41-80)68-91(115(7,8)9)69-98(111)81-42-28-17-29-43-81)106-73-95(118(93-56-50-78(51-57-93)75-34-20-13-21-35-75)94-58-52-79(53-59-94)76-36-22-14-23-37-76)74-107(110(106)117)120(105)112-99(82-44-30-18-31-45-82)70-92(116(10,11)12)71-100(112)83-46-32-19-33-47-83/h75-112H,13-74H2,1-12H3. The first kappa shape index (κ1) is 87.9. The van der Waals surface area contributed by atoms with Crippen LogP contribution in [0.25, 0.3) is 0 Å². The van der Waals surface area contributed by atoms with Crippen LogP contribution in [0.4, 0.5) is 0 Å². The molecule has 20 aliphatic rings. The monoisotopic (exact) mass is 1640 g/mol. The van der Waals surface area contributed by atoms with E-state index in [4.69, 9.17) is 0 Å². The van der Waals surface area contributed by atoms with Crippen molar-refractivity contribution in [1.29, 1.82) is 0 Å². The second kappa shape index (κ2) is 36.8. The molecule has 2 aliphatic heterocycles. The molecule has 18 saturated carbocycles. The second-order valence-electron chi connectivity index (χ2n) is 55.6. The van der Waals surface area contributed by atoms with Gasteiger partial charge in [0.1, 0.15) is 0 Å². The summed E-state index contributed by atoms with van der Waals surface area (Å²) in [5.41, 5.74) is 1.61.